The highest BCUT2D eigenvalue weighted by molar-refractivity contribution is 5.96. The number of nitrogens with zero attached hydrogens (tertiary/aromatic N) is 1. The van der Waals surface area contributed by atoms with E-state index in [-0.39, 0.29) is 22.7 Å². The van der Waals surface area contributed by atoms with Gasteiger partial charge in [0.05, 0.1) is 5.56 Å². The molecule has 0 spiro atoms. The number of amides is 1. The fourth-order valence-corrected chi connectivity index (χ4v) is 1.09. The predicted molar refractivity (Wildman–Crippen MR) is 58.4 cm³/mol. The molecule has 0 aliphatic rings. The monoisotopic (exact) mass is 222 g/mol. The van der Waals surface area contributed by atoms with E-state index in [0.29, 0.717) is 0 Å². The lowest BCUT2D eigenvalue weighted by Crippen LogP contribution is -2.41. The fraction of sp³-hybridized carbons (Fsp3) is 0.364. The maximum atomic E-state index is 11.7. The van der Waals surface area contributed by atoms with E-state index < -0.39 is 5.97 Å². The molecule has 0 bridgehead atoms. The Morgan fingerprint density at radius 1 is 1.38 bits per heavy atom. The van der Waals surface area contributed by atoms with Crippen LogP contribution < -0.4 is 5.32 Å². The minimum Gasteiger partial charge on any atom is -0.478 e. The van der Waals surface area contributed by atoms with Crippen LogP contribution in [0, 0.1) is 0 Å². The minimum atomic E-state index is -1.08. The van der Waals surface area contributed by atoms with Gasteiger partial charge in [-0.15, -0.1) is 0 Å². The van der Waals surface area contributed by atoms with E-state index in [9.17, 15) is 9.59 Å². The van der Waals surface area contributed by atoms with Gasteiger partial charge in [0.25, 0.3) is 5.91 Å². The summed E-state index contributed by atoms with van der Waals surface area (Å²) in [4.78, 5) is 26.2. The zero-order chi connectivity index (χ0) is 12.3. The van der Waals surface area contributed by atoms with Crippen molar-refractivity contribution >= 4 is 11.9 Å². The molecule has 0 aliphatic heterocycles. The summed E-state index contributed by atoms with van der Waals surface area (Å²) in [6, 6.07) is 2.60. The molecule has 1 aromatic rings. The molecule has 1 amide bonds. The van der Waals surface area contributed by atoms with Crippen LogP contribution >= 0.6 is 0 Å². The van der Waals surface area contributed by atoms with Crippen molar-refractivity contribution < 1.29 is 14.7 Å². The summed E-state index contributed by atoms with van der Waals surface area (Å²) >= 11 is 0. The summed E-state index contributed by atoms with van der Waals surface area (Å²) in [6.45, 7) is 5.52. The van der Waals surface area contributed by atoms with Crippen LogP contribution in [0.3, 0.4) is 0 Å². The quantitative estimate of drug-likeness (QED) is 0.790. The Morgan fingerprint density at radius 2 is 2.00 bits per heavy atom. The van der Waals surface area contributed by atoms with E-state index in [1.807, 2.05) is 20.8 Å². The molecule has 1 aromatic heterocycles. The first kappa shape index (κ1) is 12.2. The second kappa shape index (κ2) is 4.30. The summed E-state index contributed by atoms with van der Waals surface area (Å²) in [5, 5.41) is 11.5. The van der Waals surface area contributed by atoms with Gasteiger partial charge in [0, 0.05) is 11.7 Å². The number of aromatic carboxylic acids is 1. The zero-order valence-corrected chi connectivity index (χ0v) is 9.44. The van der Waals surface area contributed by atoms with Crippen molar-refractivity contribution in [2.75, 3.05) is 0 Å². The molecule has 5 heteroatoms. The molecule has 0 fully saturated rings. The van der Waals surface area contributed by atoms with Crippen molar-refractivity contribution in [3.63, 3.8) is 0 Å². The Hall–Kier alpha value is -1.91. The number of hydrogen-bond acceptors (Lipinski definition) is 3. The van der Waals surface area contributed by atoms with Crippen LogP contribution in [-0.2, 0) is 0 Å². The molecule has 0 saturated carbocycles. The van der Waals surface area contributed by atoms with Crippen molar-refractivity contribution in [3.8, 4) is 0 Å². The Kier molecular flexibility index (Phi) is 3.27. The van der Waals surface area contributed by atoms with E-state index in [4.69, 9.17) is 5.11 Å². The fourth-order valence-electron chi connectivity index (χ4n) is 1.09. The van der Waals surface area contributed by atoms with Gasteiger partial charge in [-0.2, -0.15) is 0 Å². The van der Waals surface area contributed by atoms with Gasteiger partial charge >= 0.3 is 5.97 Å². The number of pyridine rings is 1. The summed E-state index contributed by atoms with van der Waals surface area (Å²) in [5.74, 6) is -1.46. The first-order valence-corrected chi connectivity index (χ1v) is 4.81. The van der Waals surface area contributed by atoms with Crippen LogP contribution in [0.1, 0.15) is 41.6 Å². The number of carboxylic acid groups (broad SMARTS) is 1. The third-order valence-electron chi connectivity index (χ3n) is 1.73. The SMILES string of the molecule is CC(C)(C)NC(=O)c1cc(C(=O)O)ccn1. The van der Waals surface area contributed by atoms with Crippen molar-refractivity contribution in [1.29, 1.82) is 0 Å². The van der Waals surface area contributed by atoms with E-state index in [1.165, 1.54) is 18.3 Å². The lowest BCUT2D eigenvalue weighted by Gasteiger charge is -2.20. The van der Waals surface area contributed by atoms with Crippen LogP contribution in [-0.4, -0.2) is 27.5 Å². The second-order valence-corrected chi connectivity index (χ2v) is 4.44. The molecule has 0 atom stereocenters. The Labute approximate surface area is 93.5 Å². The molecule has 0 saturated heterocycles. The number of aromatic nitrogens is 1. The predicted octanol–water partition coefficient (Wildman–Crippen LogP) is 1.31. The highest BCUT2D eigenvalue weighted by Crippen LogP contribution is 2.05. The number of rotatable bonds is 2. The smallest absolute Gasteiger partial charge is 0.335 e. The average Bonchev–Trinajstić information content (AvgIpc) is 2.15. The van der Waals surface area contributed by atoms with Crippen LogP contribution in [0.5, 0.6) is 0 Å². The van der Waals surface area contributed by atoms with Crippen LogP contribution in [0.2, 0.25) is 0 Å². The van der Waals surface area contributed by atoms with Crippen molar-refractivity contribution in [2.45, 2.75) is 26.3 Å². The van der Waals surface area contributed by atoms with Gasteiger partial charge in [-0.3, -0.25) is 9.78 Å². The number of carbonyl (C=O) groups is 2. The first-order valence-electron chi connectivity index (χ1n) is 4.81. The van der Waals surface area contributed by atoms with E-state index >= 15 is 0 Å². The molecular weight excluding hydrogens is 208 g/mol. The van der Waals surface area contributed by atoms with Gasteiger partial charge in [-0.1, -0.05) is 0 Å². The molecule has 2 N–H and O–H groups in total. The highest BCUT2D eigenvalue weighted by atomic mass is 16.4. The van der Waals surface area contributed by atoms with Crippen molar-refractivity contribution in [2.24, 2.45) is 0 Å². The number of hydrogen-bond donors (Lipinski definition) is 2. The lowest BCUT2D eigenvalue weighted by molar-refractivity contribution is 0.0696. The second-order valence-electron chi connectivity index (χ2n) is 4.44. The maximum Gasteiger partial charge on any atom is 0.335 e. The topological polar surface area (TPSA) is 79.3 Å². The van der Waals surface area contributed by atoms with Gasteiger partial charge in [-0.05, 0) is 32.9 Å². The first-order chi connectivity index (χ1) is 7.29. The molecule has 1 heterocycles. The minimum absolute atomic E-state index is 0.0501. The van der Waals surface area contributed by atoms with E-state index in [0.717, 1.165) is 0 Å². The van der Waals surface area contributed by atoms with Crippen molar-refractivity contribution in [3.05, 3.63) is 29.6 Å². The molecule has 86 valence electrons. The summed E-state index contributed by atoms with van der Waals surface area (Å²) in [7, 11) is 0. The summed E-state index contributed by atoms with van der Waals surface area (Å²) in [6.07, 6.45) is 1.31. The Morgan fingerprint density at radius 3 is 2.50 bits per heavy atom. The molecule has 0 unspecified atom stereocenters. The lowest BCUT2D eigenvalue weighted by atomic mass is 10.1. The molecule has 1 rings (SSSR count). The van der Waals surface area contributed by atoms with E-state index in [1.54, 1.807) is 0 Å². The van der Waals surface area contributed by atoms with Crippen LogP contribution in [0.4, 0.5) is 0 Å². The van der Waals surface area contributed by atoms with E-state index in [2.05, 4.69) is 10.3 Å². The van der Waals surface area contributed by atoms with Crippen molar-refractivity contribution in [1.82, 2.24) is 10.3 Å². The number of nitrogens with one attached hydrogen (secondary N) is 1. The van der Waals surface area contributed by atoms with Gasteiger partial charge in [0.1, 0.15) is 5.69 Å². The largest absolute Gasteiger partial charge is 0.478 e. The Bertz CT molecular complexity index is 421. The van der Waals surface area contributed by atoms with Gasteiger partial charge in [0.15, 0.2) is 0 Å². The third kappa shape index (κ3) is 3.34. The van der Waals surface area contributed by atoms with Crippen LogP contribution in [0.15, 0.2) is 18.3 Å². The maximum absolute atomic E-state index is 11.7. The number of carboxylic acids is 1. The zero-order valence-electron chi connectivity index (χ0n) is 9.44. The highest BCUT2D eigenvalue weighted by Gasteiger charge is 2.17. The molecule has 0 radical (unpaired) electrons. The van der Waals surface area contributed by atoms with Gasteiger partial charge in [-0.25, -0.2) is 4.79 Å². The molecular formula is C11H14N2O3. The van der Waals surface area contributed by atoms with Gasteiger partial charge in [0.2, 0.25) is 0 Å². The molecule has 5 nitrogen and oxygen atoms in total. The standard InChI is InChI=1S/C11H14N2O3/c1-11(2,3)13-9(14)8-6-7(10(15)16)4-5-12-8/h4-6H,1-3H3,(H,13,14)(H,15,16). The summed E-state index contributed by atoms with van der Waals surface area (Å²) < 4.78 is 0. The molecule has 0 aliphatic carbocycles. The Balaban J connectivity index is 2.92. The normalized spacial score (nSPS) is 10.9. The summed E-state index contributed by atoms with van der Waals surface area (Å²) in [5.41, 5.74) is -0.221. The van der Waals surface area contributed by atoms with Crippen LogP contribution in [0.25, 0.3) is 0 Å². The molecule has 16 heavy (non-hydrogen) atoms. The molecule has 0 aromatic carbocycles. The number of carbonyl (C=O) groups excluding carboxylic acids is 1. The average molecular weight is 222 g/mol. The third-order valence-corrected chi connectivity index (χ3v) is 1.73. The van der Waals surface area contributed by atoms with Gasteiger partial charge < -0.3 is 10.4 Å².